The van der Waals surface area contributed by atoms with Crippen molar-refractivity contribution in [3.05, 3.63) is 65.7 Å². The maximum Gasteiger partial charge on any atom is 0.104 e. The zero-order chi connectivity index (χ0) is 14.4. The molecule has 0 spiro atoms. The number of methoxy groups -OCH3 is 1. The minimum Gasteiger partial charge on any atom is -0.384 e. The summed E-state index contributed by atoms with van der Waals surface area (Å²) in [6.07, 6.45) is 0. The first kappa shape index (κ1) is 14.6. The zero-order valence-corrected chi connectivity index (χ0v) is 12.0. The highest BCUT2D eigenvalue weighted by Gasteiger charge is 2.22. The van der Waals surface area contributed by atoms with Crippen molar-refractivity contribution < 1.29 is 9.84 Å². The summed E-state index contributed by atoms with van der Waals surface area (Å²) in [7, 11) is 1.68. The van der Waals surface area contributed by atoms with Gasteiger partial charge >= 0.3 is 0 Å². The summed E-state index contributed by atoms with van der Waals surface area (Å²) in [5, 5.41) is 13.8. The van der Waals surface area contributed by atoms with Crippen LogP contribution >= 0.6 is 0 Å². The third-order valence-electron chi connectivity index (χ3n) is 3.27. The Morgan fingerprint density at radius 2 is 1.85 bits per heavy atom. The summed E-state index contributed by atoms with van der Waals surface area (Å²) in [6.45, 7) is 2.85. The van der Waals surface area contributed by atoms with Crippen LogP contribution in [0.25, 0.3) is 0 Å². The number of nitrogens with one attached hydrogen (secondary N) is 1. The number of hydrogen-bond donors (Lipinski definition) is 2. The third kappa shape index (κ3) is 3.83. The van der Waals surface area contributed by atoms with E-state index in [1.165, 1.54) is 0 Å². The van der Waals surface area contributed by atoms with Crippen molar-refractivity contribution in [1.29, 1.82) is 0 Å². The van der Waals surface area contributed by atoms with Gasteiger partial charge < -0.3 is 15.2 Å². The van der Waals surface area contributed by atoms with Crippen molar-refractivity contribution in [1.82, 2.24) is 0 Å². The Labute approximate surface area is 120 Å². The fraction of sp³-hybridized carbons (Fsp3) is 0.294. The van der Waals surface area contributed by atoms with Crippen molar-refractivity contribution in [2.75, 3.05) is 19.0 Å². The molecule has 0 aromatic heterocycles. The maximum absolute atomic E-state index is 10.5. The minimum absolute atomic E-state index is 0.452. The van der Waals surface area contributed by atoms with Crippen LogP contribution in [0.1, 0.15) is 18.1 Å². The van der Waals surface area contributed by atoms with Crippen LogP contribution in [-0.2, 0) is 16.9 Å². The van der Waals surface area contributed by atoms with E-state index in [1.54, 1.807) is 7.11 Å². The highest BCUT2D eigenvalue weighted by Crippen LogP contribution is 2.21. The van der Waals surface area contributed by atoms with E-state index in [2.05, 4.69) is 5.32 Å². The molecule has 2 N–H and O–H groups in total. The van der Waals surface area contributed by atoms with Crippen molar-refractivity contribution in [3.63, 3.8) is 0 Å². The van der Waals surface area contributed by atoms with Gasteiger partial charge in [-0.15, -0.1) is 0 Å². The SMILES string of the molecule is COCc1cccc(NCC(C)(O)c2ccccc2)c1. The van der Waals surface area contributed by atoms with Gasteiger partial charge in [0.1, 0.15) is 5.60 Å². The molecule has 0 saturated carbocycles. The van der Waals surface area contributed by atoms with Crippen molar-refractivity contribution >= 4 is 5.69 Å². The lowest BCUT2D eigenvalue weighted by Gasteiger charge is -2.25. The average Bonchev–Trinajstić information content (AvgIpc) is 2.47. The van der Waals surface area contributed by atoms with E-state index in [4.69, 9.17) is 4.74 Å². The number of aliphatic hydroxyl groups is 1. The number of ether oxygens (including phenoxy) is 1. The molecule has 2 rings (SSSR count). The molecule has 0 bridgehead atoms. The molecule has 0 fully saturated rings. The molecule has 20 heavy (non-hydrogen) atoms. The van der Waals surface area contributed by atoms with Crippen LogP contribution in [0.15, 0.2) is 54.6 Å². The van der Waals surface area contributed by atoms with Crippen LogP contribution in [0.2, 0.25) is 0 Å². The molecule has 106 valence electrons. The molecule has 0 aliphatic heterocycles. The van der Waals surface area contributed by atoms with Gasteiger partial charge in [-0.1, -0.05) is 42.5 Å². The van der Waals surface area contributed by atoms with E-state index >= 15 is 0 Å². The topological polar surface area (TPSA) is 41.5 Å². The van der Waals surface area contributed by atoms with E-state index in [0.717, 1.165) is 16.8 Å². The van der Waals surface area contributed by atoms with Crippen LogP contribution in [0.4, 0.5) is 5.69 Å². The van der Waals surface area contributed by atoms with E-state index in [9.17, 15) is 5.11 Å². The molecule has 0 amide bonds. The number of anilines is 1. The predicted octanol–water partition coefficient (Wildman–Crippen LogP) is 3.15. The Bertz CT molecular complexity index is 538. The van der Waals surface area contributed by atoms with Gasteiger partial charge in [0.05, 0.1) is 6.61 Å². The Morgan fingerprint density at radius 1 is 1.10 bits per heavy atom. The highest BCUT2D eigenvalue weighted by atomic mass is 16.5. The van der Waals surface area contributed by atoms with Gasteiger partial charge in [0.15, 0.2) is 0 Å². The number of benzene rings is 2. The van der Waals surface area contributed by atoms with Gasteiger partial charge in [-0.25, -0.2) is 0 Å². The van der Waals surface area contributed by atoms with E-state index in [0.29, 0.717) is 13.2 Å². The molecule has 3 heteroatoms. The maximum atomic E-state index is 10.5. The van der Waals surface area contributed by atoms with Gasteiger partial charge in [0.25, 0.3) is 0 Å². The van der Waals surface area contributed by atoms with Crippen LogP contribution < -0.4 is 5.32 Å². The van der Waals surface area contributed by atoms with Gasteiger partial charge in [0, 0.05) is 19.3 Å². The molecular weight excluding hydrogens is 250 g/mol. The molecule has 2 aromatic carbocycles. The molecule has 3 nitrogen and oxygen atoms in total. The van der Waals surface area contributed by atoms with Gasteiger partial charge in [-0.2, -0.15) is 0 Å². The molecule has 0 aliphatic rings. The van der Waals surface area contributed by atoms with Crippen molar-refractivity contribution in [2.24, 2.45) is 0 Å². The Morgan fingerprint density at radius 3 is 2.55 bits per heavy atom. The molecule has 0 saturated heterocycles. The quantitative estimate of drug-likeness (QED) is 0.848. The predicted molar refractivity (Wildman–Crippen MR) is 81.7 cm³/mol. The molecule has 2 aromatic rings. The van der Waals surface area contributed by atoms with Crippen molar-refractivity contribution in [3.8, 4) is 0 Å². The second kappa shape index (κ2) is 6.55. The Kier molecular flexibility index (Phi) is 4.77. The zero-order valence-electron chi connectivity index (χ0n) is 12.0. The molecule has 0 radical (unpaired) electrons. The van der Waals surface area contributed by atoms with E-state index < -0.39 is 5.60 Å². The summed E-state index contributed by atoms with van der Waals surface area (Å²) in [5.74, 6) is 0. The third-order valence-corrected chi connectivity index (χ3v) is 3.27. The normalized spacial score (nSPS) is 13.8. The largest absolute Gasteiger partial charge is 0.384 e. The fourth-order valence-electron chi connectivity index (χ4n) is 2.11. The standard InChI is InChI=1S/C17H21NO2/c1-17(19,15-8-4-3-5-9-15)13-18-16-10-6-7-14(11-16)12-20-2/h3-11,18-19H,12-13H2,1-2H3. The second-order valence-corrected chi connectivity index (χ2v) is 5.13. The first-order valence-electron chi connectivity index (χ1n) is 6.71. The summed E-state index contributed by atoms with van der Waals surface area (Å²) < 4.78 is 5.12. The van der Waals surface area contributed by atoms with Gasteiger partial charge in [0.2, 0.25) is 0 Å². The monoisotopic (exact) mass is 271 g/mol. The second-order valence-electron chi connectivity index (χ2n) is 5.13. The summed E-state index contributed by atoms with van der Waals surface area (Å²) >= 11 is 0. The first-order valence-corrected chi connectivity index (χ1v) is 6.71. The van der Waals surface area contributed by atoms with Crippen LogP contribution in [0.5, 0.6) is 0 Å². The minimum atomic E-state index is -0.904. The lowest BCUT2D eigenvalue weighted by Crippen LogP contribution is -2.30. The first-order chi connectivity index (χ1) is 9.62. The van der Waals surface area contributed by atoms with Gasteiger partial charge in [-0.3, -0.25) is 0 Å². The summed E-state index contributed by atoms with van der Waals surface area (Å²) in [4.78, 5) is 0. The molecular formula is C17H21NO2. The lowest BCUT2D eigenvalue weighted by atomic mass is 9.96. The molecule has 0 aliphatic carbocycles. The molecule has 1 atom stereocenters. The van der Waals surface area contributed by atoms with E-state index in [-0.39, 0.29) is 0 Å². The fourth-order valence-corrected chi connectivity index (χ4v) is 2.11. The van der Waals surface area contributed by atoms with Gasteiger partial charge in [-0.05, 0) is 30.2 Å². The number of rotatable bonds is 6. The van der Waals surface area contributed by atoms with Crippen molar-refractivity contribution in [2.45, 2.75) is 19.1 Å². The average molecular weight is 271 g/mol. The summed E-state index contributed by atoms with van der Waals surface area (Å²) in [6, 6.07) is 17.7. The Balaban J connectivity index is 2.02. The van der Waals surface area contributed by atoms with Crippen LogP contribution in [0.3, 0.4) is 0 Å². The molecule has 1 unspecified atom stereocenters. The van der Waals surface area contributed by atoms with Crippen LogP contribution in [0, 0.1) is 0 Å². The smallest absolute Gasteiger partial charge is 0.104 e. The highest BCUT2D eigenvalue weighted by molar-refractivity contribution is 5.46. The lowest BCUT2D eigenvalue weighted by molar-refractivity contribution is 0.0715. The Hall–Kier alpha value is -1.84. The summed E-state index contributed by atoms with van der Waals surface area (Å²) in [5.41, 5.74) is 2.09. The number of hydrogen-bond acceptors (Lipinski definition) is 3. The molecule has 0 heterocycles. The van der Waals surface area contributed by atoms with E-state index in [1.807, 2.05) is 61.5 Å². The van der Waals surface area contributed by atoms with Crippen LogP contribution in [-0.4, -0.2) is 18.8 Å².